The first-order valence-corrected chi connectivity index (χ1v) is 9.99. The fourth-order valence-corrected chi connectivity index (χ4v) is 4.86. The van der Waals surface area contributed by atoms with Gasteiger partial charge in [-0.1, -0.05) is 13.8 Å². The van der Waals surface area contributed by atoms with Gasteiger partial charge < -0.3 is 9.80 Å². The smallest absolute Gasteiger partial charge is 0.226 e. The third-order valence-electron chi connectivity index (χ3n) is 6.94. The number of carbonyl (C=O) groups is 1. The summed E-state index contributed by atoms with van der Waals surface area (Å²) in [6.07, 6.45) is 8.31. The van der Waals surface area contributed by atoms with E-state index in [1.807, 2.05) is 12.1 Å². The second-order valence-electron chi connectivity index (χ2n) is 8.50. The number of fused-ring (bicyclic) bond motifs is 2. The van der Waals surface area contributed by atoms with Gasteiger partial charge in [-0.15, -0.1) is 0 Å². The van der Waals surface area contributed by atoms with Crippen molar-refractivity contribution in [3.05, 3.63) is 23.9 Å². The number of carbonyl (C=O) groups excluding carboxylic acids is 1. The summed E-state index contributed by atoms with van der Waals surface area (Å²) in [5, 5.41) is 9.01. The second kappa shape index (κ2) is 6.57. The van der Waals surface area contributed by atoms with Gasteiger partial charge in [-0.05, 0) is 56.1 Å². The second-order valence-corrected chi connectivity index (χ2v) is 8.50. The SMILES string of the molecule is CCC1(C)CC1C(=O)N1CCC2CCCC(C1)N2c1ccc(C#N)cn1. The van der Waals surface area contributed by atoms with Gasteiger partial charge in [0.15, 0.2) is 0 Å². The van der Waals surface area contributed by atoms with Gasteiger partial charge in [0.25, 0.3) is 0 Å². The van der Waals surface area contributed by atoms with Gasteiger partial charge in [0.05, 0.1) is 5.56 Å². The zero-order valence-electron chi connectivity index (χ0n) is 15.8. The number of hydrogen-bond donors (Lipinski definition) is 0. The molecule has 2 saturated heterocycles. The Balaban J connectivity index is 1.54. The summed E-state index contributed by atoms with van der Waals surface area (Å²) in [4.78, 5) is 22.2. The highest BCUT2D eigenvalue weighted by molar-refractivity contribution is 5.82. The number of amides is 1. The molecule has 5 nitrogen and oxygen atoms in total. The van der Waals surface area contributed by atoms with E-state index in [0.29, 0.717) is 23.6 Å². The van der Waals surface area contributed by atoms with Crippen LogP contribution in [0.1, 0.15) is 57.9 Å². The van der Waals surface area contributed by atoms with Crippen molar-refractivity contribution in [3.63, 3.8) is 0 Å². The molecule has 0 spiro atoms. The average molecular weight is 352 g/mol. The lowest BCUT2D eigenvalue weighted by Crippen LogP contribution is -2.49. The number of piperidine rings is 1. The third kappa shape index (κ3) is 2.96. The molecule has 1 aromatic heterocycles. The Labute approximate surface area is 156 Å². The van der Waals surface area contributed by atoms with Gasteiger partial charge in [-0.2, -0.15) is 5.26 Å². The minimum Gasteiger partial charge on any atom is -0.349 e. The normalized spacial score (nSPS) is 33.3. The third-order valence-corrected chi connectivity index (χ3v) is 6.94. The standard InChI is InChI=1S/C21H28N4O/c1-3-21(2)11-18(21)20(26)24-10-9-16-5-4-6-17(14-24)25(16)19-8-7-15(12-22)13-23-19/h7-8,13,16-18H,3-6,9-11,14H2,1-2H3. The van der Waals surface area contributed by atoms with E-state index >= 15 is 0 Å². The first-order valence-electron chi connectivity index (χ1n) is 9.99. The Bertz CT molecular complexity index is 725. The molecule has 0 aromatic carbocycles. The highest BCUT2D eigenvalue weighted by Gasteiger charge is 2.54. The molecular weight excluding hydrogens is 324 g/mol. The van der Waals surface area contributed by atoms with E-state index in [4.69, 9.17) is 5.26 Å². The number of nitrogens with zero attached hydrogens (tertiary/aromatic N) is 4. The van der Waals surface area contributed by atoms with Crippen LogP contribution in [0.15, 0.2) is 18.3 Å². The largest absolute Gasteiger partial charge is 0.349 e. The number of nitriles is 1. The lowest BCUT2D eigenvalue weighted by Gasteiger charge is -2.41. The van der Waals surface area contributed by atoms with Gasteiger partial charge in [-0.3, -0.25) is 4.79 Å². The predicted octanol–water partition coefficient (Wildman–Crippen LogP) is 3.35. The maximum atomic E-state index is 13.1. The van der Waals surface area contributed by atoms with E-state index < -0.39 is 0 Å². The summed E-state index contributed by atoms with van der Waals surface area (Å²) in [5.41, 5.74) is 0.824. The van der Waals surface area contributed by atoms with E-state index in [2.05, 4.69) is 34.7 Å². The van der Waals surface area contributed by atoms with Crippen molar-refractivity contribution in [2.75, 3.05) is 18.0 Å². The molecule has 26 heavy (non-hydrogen) atoms. The molecule has 0 N–H and O–H groups in total. The molecule has 138 valence electrons. The molecule has 4 unspecified atom stereocenters. The van der Waals surface area contributed by atoms with Crippen LogP contribution in [0.5, 0.6) is 0 Å². The first kappa shape index (κ1) is 17.3. The number of hydrogen-bond acceptors (Lipinski definition) is 4. The van der Waals surface area contributed by atoms with Crippen molar-refractivity contribution >= 4 is 11.7 Å². The Kier molecular flexibility index (Phi) is 4.38. The monoisotopic (exact) mass is 352 g/mol. The van der Waals surface area contributed by atoms with Crippen molar-refractivity contribution in [3.8, 4) is 6.07 Å². The lowest BCUT2D eigenvalue weighted by molar-refractivity contribution is -0.133. The summed E-state index contributed by atoms with van der Waals surface area (Å²) in [5.74, 6) is 1.55. The number of pyridine rings is 1. The van der Waals surface area contributed by atoms with Gasteiger partial charge in [0.2, 0.25) is 5.91 Å². The van der Waals surface area contributed by atoms with Crippen LogP contribution >= 0.6 is 0 Å². The maximum absolute atomic E-state index is 13.1. The van der Waals surface area contributed by atoms with Gasteiger partial charge >= 0.3 is 0 Å². The number of rotatable bonds is 3. The maximum Gasteiger partial charge on any atom is 0.226 e. The zero-order chi connectivity index (χ0) is 18.3. The van der Waals surface area contributed by atoms with Crippen molar-refractivity contribution in [1.82, 2.24) is 9.88 Å². The molecule has 1 saturated carbocycles. The molecule has 0 radical (unpaired) electrons. The average Bonchev–Trinajstić information content (AvgIpc) is 3.38. The topological polar surface area (TPSA) is 60.2 Å². The molecular formula is C21H28N4O. The Morgan fingerprint density at radius 3 is 2.81 bits per heavy atom. The van der Waals surface area contributed by atoms with Gasteiger partial charge in [-0.25, -0.2) is 4.98 Å². The quantitative estimate of drug-likeness (QED) is 0.837. The van der Waals surface area contributed by atoms with Crippen molar-refractivity contribution in [1.29, 1.82) is 5.26 Å². The molecule has 4 rings (SSSR count). The summed E-state index contributed by atoms with van der Waals surface area (Å²) in [7, 11) is 0. The fourth-order valence-electron chi connectivity index (χ4n) is 4.86. The van der Waals surface area contributed by atoms with Crippen LogP contribution in [-0.4, -0.2) is 41.0 Å². The van der Waals surface area contributed by atoms with E-state index in [0.717, 1.165) is 51.0 Å². The van der Waals surface area contributed by atoms with Crippen molar-refractivity contribution < 1.29 is 4.79 Å². The molecule has 1 aromatic rings. The fraction of sp³-hybridized carbons (Fsp3) is 0.667. The predicted molar refractivity (Wildman–Crippen MR) is 101 cm³/mol. The molecule has 3 aliphatic rings. The van der Waals surface area contributed by atoms with Crippen LogP contribution < -0.4 is 4.90 Å². The molecule has 4 atom stereocenters. The van der Waals surface area contributed by atoms with E-state index in [1.54, 1.807) is 6.20 Å². The highest BCUT2D eigenvalue weighted by Crippen LogP contribution is 2.55. The summed E-state index contributed by atoms with van der Waals surface area (Å²) >= 11 is 0. The van der Waals surface area contributed by atoms with Crippen LogP contribution in [0.3, 0.4) is 0 Å². The van der Waals surface area contributed by atoms with Crippen LogP contribution in [0.25, 0.3) is 0 Å². The molecule has 2 bridgehead atoms. The van der Waals surface area contributed by atoms with Crippen LogP contribution in [0, 0.1) is 22.7 Å². The zero-order valence-corrected chi connectivity index (χ0v) is 15.8. The first-order chi connectivity index (χ1) is 12.6. The van der Waals surface area contributed by atoms with Gasteiger partial charge in [0.1, 0.15) is 11.9 Å². The van der Waals surface area contributed by atoms with Crippen molar-refractivity contribution in [2.24, 2.45) is 11.3 Å². The molecule has 5 heteroatoms. The van der Waals surface area contributed by atoms with E-state index in [1.165, 1.54) is 6.42 Å². The Morgan fingerprint density at radius 1 is 1.35 bits per heavy atom. The van der Waals surface area contributed by atoms with E-state index in [-0.39, 0.29) is 11.3 Å². The molecule has 1 aliphatic carbocycles. The van der Waals surface area contributed by atoms with E-state index in [9.17, 15) is 4.79 Å². The minimum atomic E-state index is 0.229. The molecule has 3 fully saturated rings. The molecule has 1 amide bonds. The number of anilines is 1. The lowest BCUT2D eigenvalue weighted by atomic mass is 9.94. The summed E-state index contributed by atoms with van der Waals surface area (Å²) in [6, 6.07) is 6.75. The van der Waals surface area contributed by atoms with Crippen LogP contribution in [0.4, 0.5) is 5.82 Å². The van der Waals surface area contributed by atoms with Gasteiger partial charge in [0, 0.05) is 37.3 Å². The number of aromatic nitrogens is 1. The molecule has 3 heterocycles. The van der Waals surface area contributed by atoms with Crippen molar-refractivity contribution in [2.45, 2.75) is 64.5 Å². The summed E-state index contributed by atoms with van der Waals surface area (Å²) < 4.78 is 0. The Morgan fingerprint density at radius 2 is 2.15 bits per heavy atom. The highest BCUT2D eigenvalue weighted by atomic mass is 16.2. The Hall–Kier alpha value is -2.09. The van der Waals surface area contributed by atoms with Crippen LogP contribution in [0.2, 0.25) is 0 Å². The molecule has 2 aliphatic heterocycles. The summed E-state index contributed by atoms with van der Waals surface area (Å²) in [6.45, 7) is 6.12. The minimum absolute atomic E-state index is 0.229. The van der Waals surface area contributed by atoms with Crippen LogP contribution in [-0.2, 0) is 4.79 Å².